The molecule has 0 aliphatic carbocycles. The zero-order valence-electron chi connectivity index (χ0n) is 6.50. The van der Waals surface area contributed by atoms with Gasteiger partial charge < -0.3 is 10.5 Å². The SMILES string of the molecule is COc1ccc(C(N)=O)c(Cl)c1. The van der Waals surface area contributed by atoms with Crippen LogP contribution in [-0.4, -0.2) is 13.0 Å². The molecular weight excluding hydrogens is 178 g/mol. The monoisotopic (exact) mass is 185 g/mol. The summed E-state index contributed by atoms with van der Waals surface area (Å²) in [6.07, 6.45) is 0. The number of hydrogen-bond acceptors (Lipinski definition) is 2. The molecule has 0 bridgehead atoms. The lowest BCUT2D eigenvalue weighted by molar-refractivity contribution is 0.100. The number of methoxy groups -OCH3 is 1. The average molecular weight is 186 g/mol. The second-order valence-corrected chi connectivity index (χ2v) is 2.62. The topological polar surface area (TPSA) is 52.3 Å². The highest BCUT2D eigenvalue weighted by Crippen LogP contribution is 2.21. The zero-order valence-corrected chi connectivity index (χ0v) is 7.26. The number of primary amides is 1. The molecule has 4 heteroatoms. The van der Waals surface area contributed by atoms with Crippen LogP contribution < -0.4 is 10.5 Å². The fourth-order valence-corrected chi connectivity index (χ4v) is 1.09. The summed E-state index contributed by atoms with van der Waals surface area (Å²) in [5.74, 6) is 0.0626. The van der Waals surface area contributed by atoms with E-state index >= 15 is 0 Å². The number of ether oxygens (including phenoxy) is 1. The van der Waals surface area contributed by atoms with E-state index in [4.69, 9.17) is 22.1 Å². The molecule has 3 nitrogen and oxygen atoms in total. The second-order valence-electron chi connectivity index (χ2n) is 2.21. The first-order valence-electron chi connectivity index (χ1n) is 3.28. The number of hydrogen-bond donors (Lipinski definition) is 1. The van der Waals surface area contributed by atoms with Gasteiger partial charge >= 0.3 is 0 Å². The predicted octanol–water partition coefficient (Wildman–Crippen LogP) is 1.45. The van der Waals surface area contributed by atoms with Gasteiger partial charge in [0.2, 0.25) is 5.91 Å². The number of carbonyl (C=O) groups is 1. The molecule has 1 aromatic carbocycles. The van der Waals surface area contributed by atoms with E-state index in [1.54, 1.807) is 12.1 Å². The lowest BCUT2D eigenvalue weighted by Crippen LogP contribution is -2.11. The van der Waals surface area contributed by atoms with Crippen molar-refractivity contribution < 1.29 is 9.53 Å². The van der Waals surface area contributed by atoms with Crippen molar-refractivity contribution in [3.8, 4) is 5.75 Å². The molecule has 1 aromatic rings. The summed E-state index contributed by atoms with van der Waals surface area (Å²) >= 11 is 5.72. The minimum Gasteiger partial charge on any atom is -0.497 e. The van der Waals surface area contributed by atoms with Crippen LogP contribution in [0.5, 0.6) is 5.75 Å². The molecule has 0 aliphatic heterocycles. The molecule has 0 aliphatic rings. The number of carbonyl (C=O) groups excluding carboxylic acids is 1. The molecule has 2 N–H and O–H groups in total. The van der Waals surface area contributed by atoms with Gasteiger partial charge in [0, 0.05) is 0 Å². The molecule has 12 heavy (non-hydrogen) atoms. The van der Waals surface area contributed by atoms with Gasteiger partial charge in [-0.3, -0.25) is 4.79 Å². The van der Waals surface area contributed by atoms with Gasteiger partial charge in [-0.2, -0.15) is 0 Å². The van der Waals surface area contributed by atoms with Gasteiger partial charge in [-0.05, 0) is 18.2 Å². The van der Waals surface area contributed by atoms with E-state index in [0.717, 1.165) is 0 Å². The third kappa shape index (κ3) is 1.68. The first kappa shape index (κ1) is 8.87. The smallest absolute Gasteiger partial charge is 0.250 e. The first-order valence-corrected chi connectivity index (χ1v) is 3.66. The summed E-state index contributed by atoms with van der Waals surface area (Å²) in [7, 11) is 1.52. The van der Waals surface area contributed by atoms with Crippen molar-refractivity contribution in [2.45, 2.75) is 0 Å². The summed E-state index contributed by atoms with van der Waals surface area (Å²) in [4.78, 5) is 10.7. The minimum atomic E-state index is -0.539. The average Bonchev–Trinajstić information content (AvgIpc) is 2.03. The highest BCUT2D eigenvalue weighted by atomic mass is 35.5. The van der Waals surface area contributed by atoms with Crippen LogP contribution in [0.3, 0.4) is 0 Å². The van der Waals surface area contributed by atoms with Gasteiger partial charge in [0.15, 0.2) is 0 Å². The number of rotatable bonds is 2. The van der Waals surface area contributed by atoms with E-state index in [0.29, 0.717) is 16.3 Å². The molecule has 0 saturated heterocycles. The van der Waals surface area contributed by atoms with Crippen molar-refractivity contribution in [2.75, 3.05) is 7.11 Å². The summed E-state index contributed by atoms with van der Waals surface area (Å²) < 4.78 is 4.89. The molecule has 0 saturated carbocycles. The molecule has 0 spiro atoms. The Kier molecular flexibility index (Phi) is 2.55. The summed E-state index contributed by atoms with van der Waals surface area (Å²) in [5.41, 5.74) is 5.35. The Morgan fingerprint density at radius 3 is 2.67 bits per heavy atom. The van der Waals surface area contributed by atoms with Gasteiger partial charge in [-0.15, -0.1) is 0 Å². The number of benzene rings is 1. The van der Waals surface area contributed by atoms with Crippen LogP contribution in [0, 0.1) is 0 Å². The Balaban J connectivity index is 3.12. The lowest BCUT2D eigenvalue weighted by Gasteiger charge is -2.02. The second kappa shape index (κ2) is 3.45. The molecule has 0 aromatic heterocycles. The number of amides is 1. The molecule has 0 radical (unpaired) electrons. The molecule has 0 fully saturated rings. The Labute approximate surface area is 75.1 Å². The van der Waals surface area contributed by atoms with E-state index in [2.05, 4.69) is 0 Å². The maximum atomic E-state index is 10.7. The molecule has 64 valence electrons. The Bertz CT molecular complexity index is 312. The van der Waals surface area contributed by atoms with Crippen molar-refractivity contribution in [3.63, 3.8) is 0 Å². The van der Waals surface area contributed by atoms with Crippen molar-refractivity contribution >= 4 is 17.5 Å². The van der Waals surface area contributed by atoms with Crippen LogP contribution in [-0.2, 0) is 0 Å². The quantitative estimate of drug-likeness (QED) is 0.758. The third-order valence-electron chi connectivity index (χ3n) is 1.44. The zero-order chi connectivity index (χ0) is 9.14. The molecule has 0 atom stereocenters. The van der Waals surface area contributed by atoms with Gasteiger partial charge in [0.25, 0.3) is 0 Å². The molecule has 0 unspecified atom stereocenters. The summed E-state index contributed by atoms with van der Waals surface area (Å²) in [6.45, 7) is 0. The van der Waals surface area contributed by atoms with Crippen LogP contribution in [0.25, 0.3) is 0 Å². The lowest BCUT2D eigenvalue weighted by atomic mass is 10.2. The Hall–Kier alpha value is -1.22. The van der Waals surface area contributed by atoms with Gasteiger partial charge in [0.05, 0.1) is 17.7 Å². The molecule has 0 heterocycles. The van der Waals surface area contributed by atoms with Crippen molar-refractivity contribution in [1.29, 1.82) is 0 Å². The normalized spacial score (nSPS) is 9.50. The standard InChI is InChI=1S/C8H8ClNO2/c1-12-5-2-3-6(8(10)11)7(9)4-5/h2-4H,1H3,(H2,10,11). The Morgan fingerprint density at radius 1 is 1.58 bits per heavy atom. The first-order chi connectivity index (χ1) is 5.65. The molecule has 1 amide bonds. The highest BCUT2D eigenvalue weighted by Gasteiger charge is 2.06. The fourth-order valence-electron chi connectivity index (χ4n) is 0.823. The van der Waals surface area contributed by atoms with E-state index in [9.17, 15) is 4.79 Å². The van der Waals surface area contributed by atoms with E-state index < -0.39 is 5.91 Å². The fraction of sp³-hybridized carbons (Fsp3) is 0.125. The highest BCUT2D eigenvalue weighted by molar-refractivity contribution is 6.33. The maximum Gasteiger partial charge on any atom is 0.250 e. The van der Waals surface area contributed by atoms with Gasteiger partial charge in [-0.1, -0.05) is 11.6 Å². The summed E-state index contributed by atoms with van der Waals surface area (Å²) in [5, 5.41) is 0.307. The summed E-state index contributed by atoms with van der Waals surface area (Å²) in [6, 6.07) is 4.71. The van der Waals surface area contributed by atoms with Crippen molar-refractivity contribution in [3.05, 3.63) is 28.8 Å². The van der Waals surface area contributed by atoms with E-state index in [1.165, 1.54) is 13.2 Å². The van der Waals surface area contributed by atoms with Crippen LogP contribution >= 0.6 is 11.6 Å². The van der Waals surface area contributed by atoms with Crippen molar-refractivity contribution in [2.24, 2.45) is 5.73 Å². The van der Waals surface area contributed by atoms with Crippen LogP contribution in [0.15, 0.2) is 18.2 Å². The maximum absolute atomic E-state index is 10.7. The van der Waals surface area contributed by atoms with Gasteiger partial charge in [-0.25, -0.2) is 0 Å². The van der Waals surface area contributed by atoms with Crippen molar-refractivity contribution in [1.82, 2.24) is 0 Å². The largest absolute Gasteiger partial charge is 0.497 e. The minimum absolute atomic E-state index is 0.303. The number of halogens is 1. The predicted molar refractivity (Wildman–Crippen MR) is 46.5 cm³/mol. The third-order valence-corrected chi connectivity index (χ3v) is 1.75. The van der Waals surface area contributed by atoms with Crippen LogP contribution in [0.2, 0.25) is 5.02 Å². The van der Waals surface area contributed by atoms with E-state index in [-0.39, 0.29) is 0 Å². The van der Waals surface area contributed by atoms with Crippen LogP contribution in [0.4, 0.5) is 0 Å². The van der Waals surface area contributed by atoms with Crippen LogP contribution in [0.1, 0.15) is 10.4 Å². The van der Waals surface area contributed by atoms with Gasteiger partial charge in [0.1, 0.15) is 5.75 Å². The number of nitrogens with two attached hydrogens (primary N) is 1. The Morgan fingerprint density at radius 2 is 2.25 bits per heavy atom. The molecule has 1 rings (SSSR count). The molecular formula is C8H8ClNO2. The van der Waals surface area contributed by atoms with E-state index in [1.807, 2.05) is 0 Å².